The number of carbonyl (C=O) groups excluding carboxylic acids is 1. The third kappa shape index (κ3) is 5.63. The highest BCUT2D eigenvalue weighted by Crippen LogP contribution is 2.40. The third-order valence-corrected chi connectivity index (χ3v) is 6.46. The highest BCUT2D eigenvalue weighted by Gasteiger charge is 2.35. The van der Waals surface area contributed by atoms with Gasteiger partial charge in [0.1, 0.15) is 12.6 Å². The Balaban J connectivity index is 1.72. The van der Waals surface area contributed by atoms with Gasteiger partial charge in [-0.3, -0.25) is 0 Å². The average Bonchev–Trinajstić information content (AvgIpc) is 3.25. The Labute approximate surface area is 220 Å². The van der Waals surface area contributed by atoms with Crippen molar-refractivity contribution >= 4 is 35.3 Å². The van der Waals surface area contributed by atoms with Crippen LogP contribution in [0, 0.1) is 0 Å². The summed E-state index contributed by atoms with van der Waals surface area (Å²) in [6.07, 6.45) is 0. The van der Waals surface area contributed by atoms with E-state index in [4.69, 9.17) is 25.8 Å². The fraction of sp³-hybridized carbons (Fsp3) is 0.346. The maximum atomic E-state index is 13.0. The van der Waals surface area contributed by atoms with E-state index in [2.05, 4.69) is 15.4 Å². The fourth-order valence-corrected chi connectivity index (χ4v) is 4.61. The van der Waals surface area contributed by atoms with Crippen molar-refractivity contribution < 1.29 is 19.0 Å². The molecule has 0 aliphatic carbocycles. The molecule has 0 amide bonds. The summed E-state index contributed by atoms with van der Waals surface area (Å²) in [5.41, 5.74) is 2.94. The fourth-order valence-electron chi connectivity index (χ4n) is 3.93. The van der Waals surface area contributed by atoms with Gasteiger partial charge >= 0.3 is 5.97 Å². The largest absolute Gasteiger partial charge is 0.490 e. The number of nitrogens with one attached hydrogen (secondary N) is 1. The van der Waals surface area contributed by atoms with E-state index in [-0.39, 0.29) is 6.61 Å². The summed E-state index contributed by atoms with van der Waals surface area (Å²) in [6.45, 7) is 8.68. The van der Waals surface area contributed by atoms with E-state index >= 15 is 0 Å². The predicted octanol–water partition coefficient (Wildman–Crippen LogP) is 5.87. The molecule has 0 bridgehead atoms. The molecule has 36 heavy (non-hydrogen) atoms. The topological polar surface area (TPSA) is 87.5 Å². The second kappa shape index (κ2) is 11.7. The van der Waals surface area contributed by atoms with Crippen molar-refractivity contribution in [2.24, 2.45) is 0 Å². The van der Waals surface area contributed by atoms with Gasteiger partial charge in [0.05, 0.1) is 18.8 Å². The minimum absolute atomic E-state index is 0.269. The van der Waals surface area contributed by atoms with Gasteiger partial charge in [-0.25, -0.2) is 9.48 Å². The lowest BCUT2D eigenvalue weighted by Gasteiger charge is -2.28. The number of nitrogens with zero attached hydrogens (tertiary/aromatic N) is 3. The van der Waals surface area contributed by atoms with E-state index in [1.54, 1.807) is 11.6 Å². The molecule has 1 aromatic heterocycles. The number of aromatic nitrogens is 3. The maximum absolute atomic E-state index is 13.0. The molecule has 10 heteroatoms. The number of rotatable bonds is 10. The van der Waals surface area contributed by atoms with Crippen LogP contribution in [0.15, 0.2) is 58.9 Å². The molecular formula is C26H29ClN4O4S. The van der Waals surface area contributed by atoms with Crippen LogP contribution in [0.25, 0.3) is 0 Å². The Morgan fingerprint density at radius 1 is 1.08 bits per heavy atom. The molecule has 1 aliphatic heterocycles. The number of benzene rings is 2. The van der Waals surface area contributed by atoms with Gasteiger partial charge in [0.2, 0.25) is 11.1 Å². The van der Waals surface area contributed by atoms with Crippen molar-refractivity contribution in [1.82, 2.24) is 14.8 Å². The van der Waals surface area contributed by atoms with Crippen molar-refractivity contribution in [3.63, 3.8) is 0 Å². The summed E-state index contributed by atoms with van der Waals surface area (Å²) in [6, 6.07) is 12.6. The standard InChI is InChI=1S/C26H29ClN4O4S/c1-5-33-21-14-18(10-13-20(21)35-15-17-8-11-19(27)12-9-17)23-22(24(32)34-6-2)16(4)28-25-29-26(36-7-3)30-31(23)25/h8-14,23H,5-7,15H2,1-4H3,(H,28,29,30). The number of hydrogen-bond acceptors (Lipinski definition) is 8. The molecule has 2 aromatic carbocycles. The molecule has 8 nitrogen and oxygen atoms in total. The lowest BCUT2D eigenvalue weighted by atomic mass is 9.95. The van der Waals surface area contributed by atoms with Crippen LogP contribution in [0.1, 0.15) is 44.9 Å². The second-order valence-corrected chi connectivity index (χ2v) is 9.60. The summed E-state index contributed by atoms with van der Waals surface area (Å²) in [4.78, 5) is 17.6. The minimum Gasteiger partial charge on any atom is -0.490 e. The molecule has 0 radical (unpaired) electrons. The van der Waals surface area contributed by atoms with Crippen LogP contribution >= 0.6 is 23.4 Å². The van der Waals surface area contributed by atoms with Crippen molar-refractivity contribution in [1.29, 1.82) is 0 Å². The molecule has 1 N–H and O–H groups in total. The Morgan fingerprint density at radius 3 is 2.56 bits per heavy atom. The molecular weight excluding hydrogens is 500 g/mol. The number of carbonyl (C=O) groups is 1. The van der Waals surface area contributed by atoms with E-state index in [0.717, 1.165) is 16.9 Å². The monoisotopic (exact) mass is 528 g/mol. The summed E-state index contributed by atoms with van der Waals surface area (Å²) < 4.78 is 19.1. The first-order chi connectivity index (χ1) is 17.4. The molecule has 1 atom stereocenters. The maximum Gasteiger partial charge on any atom is 0.338 e. The van der Waals surface area contributed by atoms with Crippen LogP contribution in [-0.4, -0.2) is 39.7 Å². The smallest absolute Gasteiger partial charge is 0.338 e. The van der Waals surface area contributed by atoms with Gasteiger partial charge in [0.15, 0.2) is 11.5 Å². The molecule has 1 aliphatic rings. The molecule has 1 unspecified atom stereocenters. The van der Waals surface area contributed by atoms with Crippen LogP contribution in [0.4, 0.5) is 5.95 Å². The van der Waals surface area contributed by atoms with Gasteiger partial charge in [0.25, 0.3) is 0 Å². The Morgan fingerprint density at radius 2 is 1.86 bits per heavy atom. The number of thioether (sulfide) groups is 1. The molecule has 3 aromatic rings. The Bertz CT molecular complexity index is 1260. The molecule has 0 fully saturated rings. The molecule has 0 saturated heterocycles. The van der Waals surface area contributed by atoms with Crippen molar-refractivity contribution in [3.8, 4) is 11.5 Å². The van der Waals surface area contributed by atoms with E-state index in [9.17, 15) is 4.79 Å². The van der Waals surface area contributed by atoms with Crippen LogP contribution in [0.5, 0.6) is 11.5 Å². The Kier molecular flexibility index (Phi) is 8.43. The summed E-state index contributed by atoms with van der Waals surface area (Å²) in [7, 11) is 0. The summed E-state index contributed by atoms with van der Waals surface area (Å²) in [5, 5.41) is 9.21. The zero-order valence-electron chi connectivity index (χ0n) is 20.7. The highest BCUT2D eigenvalue weighted by atomic mass is 35.5. The lowest BCUT2D eigenvalue weighted by Crippen LogP contribution is -2.29. The van der Waals surface area contributed by atoms with Crippen LogP contribution in [0.3, 0.4) is 0 Å². The van der Waals surface area contributed by atoms with E-state index in [0.29, 0.717) is 52.1 Å². The lowest BCUT2D eigenvalue weighted by molar-refractivity contribution is -0.139. The van der Waals surface area contributed by atoms with Crippen molar-refractivity contribution in [2.45, 2.75) is 45.5 Å². The van der Waals surface area contributed by atoms with Crippen LogP contribution in [-0.2, 0) is 16.1 Å². The number of allylic oxidation sites excluding steroid dienone is 1. The number of ether oxygens (including phenoxy) is 3. The second-order valence-electron chi connectivity index (χ2n) is 7.94. The van der Waals surface area contributed by atoms with Crippen molar-refractivity contribution in [3.05, 3.63) is 69.9 Å². The number of hydrogen-bond donors (Lipinski definition) is 1. The SMILES string of the molecule is CCOC(=O)C1=C(C)Nc2nc(SCC)nn2C1c1ccc(OCc2ccc(Cl)cc2)c(OCC)c1. The van der Waals surface area contributed by atoms with Gasteiger partial charge in [-0.05, 0) is 61.9 Å². The number of esters is 1. The van der Waals surface area contributed by atoms with E-state index < -0.39 is 12.0 Å². The first kappa shape index (κ1) is 25.9. The quantitative estimate of drug-likeness (QED) is 0.258. The van der Waals surface area contributed by atoms with Gasteiger partial charge < -0.3 is 19.5 Å². The van der Waals surface area contributed by atoms with Gasteiger partial charge in [-0.2, -0.15) is 4.98 Å². The molecule has 2 heterocycles. The van der Waals surface area contributed by atoms with E-state index in [1.807, 2.05) is 63.2 Å². The van der Waals surface area contributed by atoms with Crippen LogP contribution < -0.4 is 14.8 Å². The highest BCUT2D eigenvalue weighted by molar-refractivity contribution is 7.99. The molecule has 0 spiro atoms. The molecule has 190 valence electrons. The minimum atomic E-state index is -0.538. The summed E-state index contributed by atoms with van der Waals surface area (Å²) in [5.74, 6) is 2.18. The van der Waals surface area contributed by atoms with Gasteiger partial charge in [-0.1, -0.05) is 48.5 Å². The normalized spacial score (nSPS) is 14.8. The number of halogens is 1. The molecule has 4 rings (SSSR count). The van der Waals surface area contributed by atoms with E-state index in [1.165, 1.54) is 11.8 Å². The number of anilines is 1. The average molecular weight is 529 g/mol. The predicted molar refractivity (Wildman–Crippen MR) is 141 cm³/mol. The third-order valence-electron chi connectivity index (χ3n) is 5.49. The van der Waals surface area contributed by atoms with Crippen LogP contribution in [0.2, 0.25) is 5.02 Å². The first-order valence-electron chi connectivity index (χ1n) is 11.8. The van der Waals surface area contributed by atoms with Crippen molar-refractivity contribution in [2.75, 3.05) is 24.3 Å². The first-order valence-corrected chi connectivity index (χ1v) is 13.2. The summed E-state index contributed by atoms with van der Waals surface area (Å²) >= 11 is 7.53. The molecule has 0 saturated carbocycles. The number of fused-ring (bicyclic) bond motifs is 1. The Hall–Kier alpha value is -3.17. The zero-order valence-corrected chi connectivity index (χ0v) is 22.3. The zero-order chi connectivity index (χ0) is 25.7. The van der Waals surface area contributed by atoms with Gasteiger partial charge in [-0.15, -0.1) is 5.10 Å². The van der Waals surface area contributed by atoms with Gasteiger partial charge in [0, 0.05) is 10.7 Å².